The summed E-state index contributed by atoms with van der Waals surface area (Å²) >= 11 is 0. The highest BCUT2D eigenvalue weighted by Crippen LogP contribution is 2.20. The Balaban J connectivity index is 2.53. The molecule has 2 N–H and O–H groups in total. The van der Waals surface area contributed by atoms with Gasteiger partial charge in [0.1, 0.15) is 0 Å². The Labute approximate surface area is 81.3 Å². The monoisotopic (exact) mass is 226 g/mol. The van der Waals surface area contributed by atoms with E-state index in [0.29, 0.717) is 25.9 Å². The average molecular weight is 227 g/mol. The van der Waals surface area contributed by atoms with Crippen LogP contribution in [0.2, 0.25) is 0 Å². The van der Waals surface area contributed by atoms with Crippen molar-refractivity contribution in [1.29, 1.82) is 0 Å². The number of carbonyl (C=O) groups is 1. The Bertz CT molecular complexity index is 295. The van der Waals surface area contributed by atoms with Crippen LogP contribution in [0.3, 0.4) is 0 Å². The number of hydrogen-bond acceptors (Lipinski definition) is 3. The molecule has 1 aliphatic heterocycles. The maximum Gasteiger partial charge on any atom is 0.314 e. The second kappa shape index (κ2) is 3.71. The van der Waals surface area contributed by atoms with Gasteiger partial charge < -0.3 is 10.6 Å². The molecule has 7 heteroatoms. The maximum atomic E-state index is 10.9. The number of carbonyl (C=O) groups excluding carboxylic acids is 1. The molecule has 76 valence electrons. The molecule has 1 rings (SSSR count). The van der Waals surface area contributed by atoms with Crippen LogP contribution in [0.1, 0.15) is 12.8 Å². The first-order chi connectivity index (χ1) is 5.91. The molecule has 5 nitrogen and oxygen atoms in total. The van der Waals surface area contributed by atoms with Crippen molar-refractivity contribution in [3.05, 3.63) is 0 Å². The molecule has 13 heavy (non-hydrogen) atoms. The van der Waals surface area contributed by atoms with Gasteiger partial charge >= 0.3 is 6.03 Å². The van der Waals surface area contributed by atoms with Crippen molar-refractivity contribution in [3.63, 3.8) is 0 Å². The summed E-state index contributed by atoms with van der Waals surface area (Å²) in [7, 11) is 1.70. The number of likely N-dealkylation sites (tertiary alicyclic amines) is 1. The van der Waals surface area contributed by atoms with Crippen LogP contribution in [0, 0.1) is 0 Å². The highest BCUT2D eigenvalue weighted by molar-refractivity contribution is 8.14. The molecule has 0 unspecified atom stereocenters. The average Bonchev–Trinajstić information content (AvgIpc) is 2.03. The molecular formula is C6H11ClN2O3S. The number of urea groups is 1. The van der Waals surface area contributed by atoms with E-state index in [1.54, 1.807) is 0 Å². The molecule has 0 bridgehead atoms. The number of amides is 2. The second-order valence-electron chi connectivity index (χ2n) is 3.00. The van der Waals surface area contributed by atoms with Crippen molar-refractivity contribution in [2.45, 2.75) is 18.1 Å². The molecule has 1 heterocycles. The fourth-order valence-electron chi connectivity index (χ4n) is 1.36. The molecule has 0 atom stereocenters. The lowest BCUT2D eigenvalue weighted by Crippen LogP contribution is -2.44. The van der Waals surface area contributed by atoms with Gasteiger partial charge in [-0.1, -0.05) is 0 Å². The highest BCUT2D eigenvalue weighted by Gasteiger charge is 2.29. The zero-order valence-electron chi connectivity index (χ0n) is 6.94. The molecule has 0 aromatic rings. The SMILES string of the molecule is NC(=O)N1CCC(S(=O)(=O)Cl)CC1. The van der Waals surface area contributed by atoms with E-state index in [9.17, 15) is 13.2 Å². The Morgan fingerprint density at radius 3 is 2.15 bits per heavy atom. The summed E-state index contributed by atoms with van der Waals surface area (Å²) in [6, 6.07) is -0.509. The summed E-state index contributed by atoms with van der Waals surface area (Å²) in [6.07, 6.45) is 0.740. The van der Waals surface area contributed by atoms with Crippen molar-refractivity contribution in [1.82, 2.24) is 4.90 Å². The van der Waals surface area contributed by atoms with E-state index < -0.39 is 20.3 Å². The van der Waals surface area contributed by atoms with Crippen molar-refractivity contribution >= 4 is 25.8 Å². The van der Waals surface area contributed by atoms with Crippen molar-refractivity contribution in [2.75, 3.05) is 13.1 Å². The fourth-order valence-corrected chi connectivity index (χ4v) is 2.67. The van der Waals surface area contributed by atoms with Gasteiger partial charge in [0.15, 0.2) is 0 Å². The van der Waals surface area contributed by atoms with Gasteiger partial charge in [0.25, 0.3) is 0 Å². The number of piperidine rings is 1. The first-order valence-corrected chi connectivity index (χ1v) is 6.26. The molecule has 0 spiro atoms. The quantitative estimate of drug-likeness (QED) is 0.644. The van der Waals surface area contributed by atoms with Crippen LogP contribution in [0.25, 0.3) is 0 Å². The smallest absolute Gasteiger partial charge is 0.314 e. The van der Waals surface area contributed by atoms with E-state index >= 15 is 0 Å². The number of nitrogens with two attached hydrogens (primary N) is 1. The van der Waals surface area contributed by atoms with Gasteiger partial charge in [-0.3, -0.25) is 0 Å². The summed E-state index contributed by atoms with van der Waals surface area (Å²) in [6.45, 7) is 0.734. The number of halogens is 1. The zero-order valence-corrected chi connectivity index (χ0v) is 8.51. The second-order valence-corrected chi connectivity index (χ2v) is 5.91. The lowest BCUT2D eigenvalue weighted by Gasteiger charge is -2.28. The van der Waals surface area contributed by atoms with Crippen LogP contribution < -0.4 is 5.73 Å². The molecule has 1 fully saturated rings. The fraction of sp³-hybridized carbons (Fsp3) is 0.833. The van der Waals surface area contributed by atoms with Crippen molar-refractivity contribution < 1.29 is 13.2 Å². The summed E-state index contributed by atoms with van der Waals surface area (Å²) in [5, 5.41) is -0.537. The Hall–Kier alpha value is -0.490. The third kappa shape index (κ3) is 2.73. The number of nitrogens with zero attached hydrogens (tertiary/aromatic N) is 1. The first-order valence-electron chi connectivity index (χ1n) is 3.89. The van der Waals surface area contributed by atoms with Crippen molar-refractivity contribution in [2.24, 2.45) is 5.73 Å². The number of rotatable bonds is 1. The molecule has 0 saturated carbocycles. The van der Waals surface area contributed by atoms with E-state index in [2.05, 4.69) is 0 Å². The predicted octanol–water partition coefficient (Wildman–Crippen LogP) is 0.0981. The van der Waals surface area contributed by atoms with Gasteiger partial charge in [-0.2, -0.15) is 0 Å². The van der Waals surface area contributed by atoms with E-state index in [1.807, 2.05) is 0 Å². The predicted molar refractivity (Wildman–Crippen MR) is 49.0 cm³/mol. The normalized spacial score (nSPS) is 20.2. The van der Waals surface area contributed by atoms with E-state index in [1.165, 1.54) is 4.90 Å². The third-order valence-electron chi connectivity index (χ3n) is 2.15. The van der Waals surface area contributed by atoms with E-state index in [-0.39, 0.29) is 0 Å². The van der Waals surface area contributed by atoms with Crippen LogP contribution in [-0.2, 0) is 9.05 Å². The minimum atomic E-state index is -3.48. The first kappa shape index (κ1) is 10.6. The highest BCUT2D eigenvalue weighted by atomic mass is 35.7. The van der Waals surface area contributed by atoms with Gasteiger partial charge in [0.05, 0.1) is 5.25 Å². The minimum absolute atomic E-state index is 0.367. The van der Waals surface area contributed by atoms with Crippen molar-refractivity contribution in [3.8, 4) is 0 Å². The van der Waals surface area contributed by atoms with Gasteiger partial charge in [-0.05, 0) is 12.8 Å². The summed E-state index contributed by atoms with van der Waals surface area (Å²) in [5.74, 6) is 0. The lowest BCUT2D eigenvalue weighted by molar-refractivity contribution is 0.196. The van der Waals surface area contributed by atoms with Crippen LogP contribution in [0.4, 0.5) is 4.79 Å². The van der Waals surface area contributed by atoms with Gasteiger partial charge in [-0.25, -0.2) is 13.2 Å². The number of hydrogen-bond donors (Lipinski definition) is 1. The molecule has 0 aromatic heterocycles. The van der Waals surface area contributed by atoms with Gasteiger partial charge in [0.2, 0.25) is 9.05 Å². The van der Waals surface area contributed by atoms with Crippen LogP contribution in [0.5, 0.6) is 0 Å². The molecule has 0 aliphatic carbocycles. The third-order valence-corrected chi connectivity index (χ3v) is 4.18. The summed E-state index contributed by atoms with van der Waals surface area (Å²) in [5.41, 5.74) is 5.03. The molecule has 0 radical (unpaired) electrons. The largest absolute Gasteiger partial charge is 0.351 e. The zero-order chi connectivity index (χ0) is 10.1. The van der Waals surface area contributed by atoms with Gasteiger partial charge in [0, 0.05) is 23.8 Å². The Morgan fingerprint density at radius 2 is 1.85 bits per heavy atom. The lowest BCUT2D eigenvalue weighted by atomic mass is 10.1. The maximum absolute atomic E-state index is 10.9. The molecular weight excluding hydrogens is 216 g/mol. The minimum Gasteiger partial charge on any atom is -0.351 e. The van der Waals surface area contributed by atoms with Crippen LogP contribution in [0.15, 0.2) is 0 Å². The number of primary amides is 1. The van der Waals surface area contributed by atoms with E-state index in [0.717, 1.165) is 0 Å². The molecule has 1 saturated heterocycles. The molecule has 2 amide bonds. The standard InChI is InChI=1S/C6H11ClN2O3S/c7-13(11,12)5-1-3-9(4-2-5)6(8)10/h5H,1-4H2,(H2,8,10). The topological polar surface area (TPSA) is 80.5 Å². The van der Waals surface area contributed by atoms with Crippen LogP contribution >= 0.6 is 10.7 Å². The summed E-state index contributed by atoms with van der Waals surface area (Å²) < 4.78 is 21.8. The molecule has 1 aliphatic rings. The Morgan fingerprint density at radius 1 is 1.38 bits per heavy atom. The Kier molecular flexibility index (Phi) is 3.02. The van der Waals surface area contributed by atoms with Gasteiger partial charge in [-0.15, -0.1) is 0 Å². The van der Waals surface area contributed by atoms with E-state index in [4.69, 9.17) is 16.4 Å². The molecule has 0 aromatic carbocycles. The summed E-state index contributed by atoms with van der Waals surface area (Å²) in [4.78, 5) is 12.1. The van der Waals surface area contributed by atoms with Crippen LogP contribution in [-0.4, -0.2) is 37.7 Å².